The Balaban J connectivity index is 1.82. The van der Waals surface area contributed by atoms with Crippen LogP contribution in [-0.2, 0) is 11.3 Å². The van der Waals surface area contributed by atoms with Crippen molar-refractivity contribution in [3.8, 4) is 0 Å². The van der Waals surface area contributed by atoms with Gasteiger partial charge in [-0.1, -0.05) is 26.7 Å². The van der Waals surface area contributed by atoms with Gasteiger partial charge in [0.15, 0.2) is 0 Å². The van der Waals surface area contributed by atoms with Crippen LogP contribution >= 0.6 is 0 Å². The summed E-state index contributed by atoms with van der Waals surface area (Å²) < 4.78 is 5.95. The maximum atomic E-state index is 5.95. The molecule has 0 amide bonds. The zero-order valence-corrected chi connectivity index (χ0v) is 12.4. The molecule has 2 rings (SSSR count). The summed E-state index contributed by atoms with van der Waals surface area (Å²) in [6, 6.07) is 0.577. The Morgan fingerprint density at radius 3 is 2.89 bits per heavy atom. The lowest BCUT2D eigenvalue weighted by Gasteiger charge is -2.34. The number of nitrogens with zero attached hydrogens (tertiary/aromatic N) is 1. The Hall–Kier alpha value is -0.870. The molecule has 2 heterocycles. The molecule has 0 spiro atoms. The molecule has 2 unspecified atom stereocenters. The summed E-state index contributed by atoms with van der Waals surface area (Å²) >= 11 is 0. The van der Waals surface area contributed by atoms with Crippen LogP contribution in [0.5, 0.6) is 0 Å². The second kappa shape index (κ2) is 7.06. The number of hydrogen-bond donors (Lipinski definition) is 2. The van der Waals surface area contributed by atoms with Crippen LogP contribution in [0, 0.1) is 12.8 Å². The number of aryl methyl sites for hydroxylation is 1. The van der Waals surface area contributed by atoms with E-state index in [2.05, 4.69) is 36.3 Å². The molecule has 0 saturated carbocycles. The zero-order valence-electron chi connectivity index (χ0n) is 12.4. The van der Waals surface area contributed by atoms with Gasteiger partial charge in [0, 0.05) is 30.5 Å². The highest BCUT2D eigenvalue weighted by Crippen LogP contribution is 2.25. The molecule has 0 radical (unpaired) electrons. The van der Waals surface area contributed by atoms with Gasteiger partial charge in [-0.05, 0) is 25.7 Å². The van der Waals surface area contributed by atoms with Crippen molar-refractivity contribution in [2.45, 2.75) is 65.1 Å². The minimum absolute atomic E-state index is 0.437. The van der Waals surface area contributed by atoms with Gasteiger partial charge in [0.2, 0.25) is 0 Å². The first-order valence-electron chi connectivity index (χ1n) is 7.58. The molecule has 4 heteroatoms. The van der Waals surface area contributed by atoms with Gasteiger partial charge in [-0.25, -0.2) is 0 Å². The first-order chi connectivity index (χ1) is 9.24. The van der Waals surface area contributed by atoms with Gasteiger partial charge >= 0.3 is 0 Å². The minimum atomic E-state index is 0.437. The van der Waals surface area contributed by atoms with E-state index in [0.717, 1.165) is 31.7 Å². The molecule has 0 aromatic carbocycles. The van der Waals surface area contributed by atoms with Crippen molar-refractivity contribution in [3.05, 3.63) is 17.5 Å². The Morgan fingerprint density at radius 2 is 2.26 bits per heavy atom. The maximum Gasteiger partial charge on any atom is 0.0617 e. The molecule has 1 fully saturated rings. The van der Waals surface area contributed by atoms with E-state index in [1.54, 1.807) is 0 Å². The predicted molar refractivity (Wildman–Crippen MR) is 77.0 cm³/mol. The summed E-state index contributed by atoms with van der Waals surface area (Å²) in [5.41, 5.74) is 2.43. The fourth-order valence-corrected chi connectivity index (χ4v) is 2.96. The summed E-state index contributed by atoms with van der Waals surface area (Å²) in [7, 11) is 0. The zero-order chi connectivity index (χ0) is 13.7. The fraction of sp³-hybridized carbons (Fsp3) is 0.800. The average Bonchev–Trinajstić information content (AvgIpc) is 2.84. The number of rotatable bonds is 6. The number of nitrogens with one attached hydrogen (secondary N) is 2. The maximum absolute atomic E-state index is 5.95. The Labute approximate surface area is 116 Å². The van der Waals surface area contributed by atoms with E-state index >= 15 is 0 Å². The summed E-state index contributed by atoms with van der Waals surface area (Å²) in [5.74, 6) is 0.709. The Bertz CT molecular complexity index is 373. The van der Waals surface area contributed by atoms with Gasteiger partial charge in [-0.15, -0.1) is 0 Å². The van der Waals surface area contributed by atoms with E-state index in [1.807, 2.05) is 6.20 Å². The molecule has 0 bridgehead atoms. The second-order valence-electron chi connectivity index (χ2n) is 5.61. The summed E-state index contributed by atoms with van der Waals surface area (Å²) in [6.45, 7) is 8.40. The van der Waals surface area contributed by atoms with Gasteiger partial charge in [-0.2, -0.15) is 5.10 Å². The summed E-state index contributed by atoms with van der Waals surface area (Å²) in [5, 5.41) is 10.7. The van der Waals surface area contributed by atoms with Crippen LogP contribution in [0.1, 0.15) is 50.8 Å². The lowest BCUT2D eigenvalue weighted by atomic mass is 9.89. The van der Waals surface area contributed by atoms with Crippen molar-refractivity contribution in [1.29, 1.82) is 0 Å². The molecule has 19 heavy (non-hydrogen) atoms. The molecule has 2 N–H and O–H groups in total. The molecule has 1 aromatic heterocycles. The first-order valence-corrected chi connectivity index (χ1v) is 7.58. The van der Waals surface area contributed by atoms with E-state index in [1.165, 1.54) is 18.4 Å². The highest BCUT2D eigenvalue weighted by atomic mass is 16.5. The third-order valence-corrected chi connectivity index (χ3v) is 4.41. The first kappa shape index (κ1) is 14.5. The van der Waals surface area contributed by atoms with Crippen molar-refractivity contribution >= 4 is 0 Å². The van der Waals surface area contributed by atoms with Gasteiger partial charge in [0.1, 0.15) is 0 Å². The van der Waals surface area contributed by atoms with Gasteiger partial charge in [0.25, 0.3) is 0 Å². The number of hydrogen-bond acceptors (Lipinski definition) is 3. The standard InChI is InChI=1S/C15H27N3O/c1-4-12(5-2)15-8-14(6-7-19-15)16-9-13-10-17-18-11(13)3/h10,12,14-16H,4-9H2,1-3H3,(H,17,18). The van der Waals surface area contributed by atoms with Crippen LogP contribution in [0.15, 0.2) is 6.20 Å². The summed E-state index contributed by atoms with van der Waals surface area (Å²) in [4.78, 5) is 0. The van der Waals surface area contributed by atoms with E-state index < -0.39 is 0 Å². The van der Waals surface area contributed by atoms with Gasteiger partial charge < -0.3 is 10.1 Å². The molecule has 0 aliphatic carbocycles. The smallest absolute Gasteiger partial charge is 0.0617 e. The highest BCUT2D eigenvalue weighted by Gasteiger charge is 2.27. The third-order valence-electron chi connectivity index (χ3n) is 4.41. The normalized spacial score (nSPS) is 24.0. The minimum Gasteiger partial charge on any atom is -0.378 e. The Morgan fingerprint density at radius 1 is 1.47 bits per heavy atom. The molecular formula is C15H27N3O. The van der Waals surface area contributed by atoms with Gasteiger partial charge in [0.05, 0.1) is 12.3 Å². The van der Waals surface area contributed by atoms with E-state index in [4.69, 9.17) is 4.74 Å². The highest BCUT2D eigenvalue weighted by molar-refractivity contribution is 5.13. The Kier molecular flexibility index (Phi) is 5.40. The number of aromatic amines is 1. The molecule has 1 aliphatic rings. The molecular weight excluding hydrogens is 238 g/mol. The SMILES string of the molecule is CCC(CC)C1CC(NCc2cn[nH]c2C)CCO1. The van der Waals surface area contributed by atoms with Crippen LogP contribution < -0.4 is 5.32 Å². The van der Waals surface area contributed by atoms with Crippen LogP contribution in [0.2, 0.25) is 0 Å². The average molecular weight is 265 g/mol. The van der Waals surface area contributed by atoms with Crippen molar-refractivity contribution in [1.82, 2.24) is 15.5 Å². The quantitative estimate of drug-likeness (QED) is 0.831. The largest absolute Gasteiger partial charge is 0.378 e. The lowest BCUT2D eigenvalue weighted by Crippen LogP contribution is -2.41. The van der Waals surface area contributed by atoms with Crippen molar-refractivity contribution in [3.63, 3.8) is 0 Å². The van der Waals surface area contributed by atoms with Crippen molar-refractivity contribution in [2.24, 2.45) is 5.92 Å². The second-order valence-corrected chi connectivity index (χ2v) is 5.61. The van der Waals surface area contributed by atoms with Crippen molar-refractivity contribution in [2.75, 3.05) is 6.61 Å². The molecule has 1 aliphatic heterocycles. The predicted octanol–water partition coefficient (Wildman–Crippen LogP) is 2.79. The summed E-state index contributed by atoms with van der Waals surface area (Å²) in [6.07, 6.45) is 7.05. The van der Waals surface area contributed by atoms with Crippen LogP contribution in [0.3, 0.4) is 0 Å². The molecule has 4 nitrogen and oxygen atoms in total. The number of aromatic nitrogens is 2. The fourth-order valence-electron chi connectivity index (χ4n) is 2.96. The molecule has 108 valence electrons. The number of ether oxygens (including phenoxy) is 1. The van der Waals surface area contributed by atoms with Crippen molar-refractivity contribution < 1.29 is 4.74 Å². The molecule has 2 atom stereocenters. The molecule has 1 saturated heterocycles. The van der Waals surface area contributed by atoms with E-state index in [9.17, 15) is 0 Å². The van der Waals surface area contributed by atoms with Crippen LogP contribution in [-0.4, -0.2) is 29.0 Å². The molecule has 1 aromatic rings. The van der Waals surface area contributed by atoms with Crippen LogP contribution in [0.4, 0.5) is 0 Å². The third kappa shape index (κ3) is 3.80. The van der Waals surface area contributed by atoms with E-state index in [-0.39, 0.29) is 0 Å². The van der Waals surface area contributed by atoms with Gasteiger partial charge in [-0.3, -0.25) is 5.10 Å². The van der Waals surface area contributed by atoms with Crippen LogP contribution in [0.25, 0.3) is 0 Å². The monoisotopic (exact) mass is 265 g/mol. The van der Waals surface area contributed by atoms with E-state index in [0.29, 0.717) is 18.1 Å². The number of H-pyrrole nitrogens is 1. The lowest BCUT2D eigenvalue weighted by molar-refractivity contribution is -0.0350. The topological polar surface area (TPSA) is 49.9 Å².